The third-order valence-corrected chi connectivity index (χ3v) is 3.38. The molecular weight excluding hydrogens is 202 g/mol. The number of nitrogens with two attached hydrogens (primary N) is 1. The number of hydrogen-bond acceptors (Lipinski definition) is 4. The van der Waals surface area contributed by atoms with Gasteiger partial charge in [0.25, 0.3) is 0 Å². The van der Waals surface area contributed by atoms with E-state index < -0.39 is 0 Å². The van der Waals surface area contributed by atoms with Crippen LogP contribution in [0.1, 0.15) is 70.0 Å². The van der Waals surface area contributed by atoms with E-state index in [9.17, 15) is 0 Å². The van der Waals surface area contributed by atoms with Crippen LogP contribution in [-0.2, 0) is 5.54 Å². The van der Waals surface area contributed by atoms with Gasteiger partial charge in [-0.3, -0.25) is 0 Å². The molecule has 1 aromatic rings. The van der Waals surface area contributed by atoms with E-state index in [1.165, 1.54) is 12.8 Å². The zero-order valence-corrected chi connectivity index (χ0v) is 10.2. The van der Waals surface area contributed by atoms with Crippen LogP contribution in [0.2, 0.25) is 0 Å². The third-order valence-electron chi connectivity index (χ3n) is 3.38. The Bertz CT molecular complexity index is 338. The maximum atomic E-state index is 6.40. The van der Waals surface area contributed by atoms with Gasteiger partial charge in [-0.25, -0.2) is 0 Å². The predicted molar refractivity (Wildman–Crippen MR) is 62.0 cm³/mol. The molecule has 0 unspecified atom stereocenters. The Hall–Kier alpha value is -0.900. The molecule has 4 nitrogen and oxygen atoms in total. The summed E-state index contributed by atoms with van der Waals surface area (Å²) in [5.41, 5.74) is 6.02. The molecule has 0 aliphatic heterocycles. The van der Waals surface area contributed by atoms with Gasteiger partial charge in [-0.05, 0) is 12.8 Å². The predicted octanol–water partition coefficient (Wildman–Crippen LogP) is 2.70. The SMILES string of the molecule is CC(C)c1noc(C2(N)CCCCCC2)n1. The number of rotatable bonds is 2. The Kier molecular flexibility index (Phi) is 3.28. The van der Waals surface area contributed by atoms with Crippen molar-refractivity contribution in [3.05, 3.63) is 11.7 Å². The third kappa shape index (κ3) is 2.26. The fourth-order valence-corrected chi connectivity index (χ4v) is 2.24. The summed E-state index contributed by atoms with van der Waals surface area (Å²) in [4.78, 5) is 4.44. The molecule has 2 N–H and O–H groups in total. The molecule has 0 radical (unpaired) electrons. The standard InChI is InChI=1S/C12H21N3O/c1-9(2)10-14-11(16-15-10)12(13)7-5-3-4-6-8-12/h9H,3-8,13H2,1-2H3. The van der Waals surface area contributed by atoms with Crippen LogP contribution in [0.4, 0.5) is 0 Å². The highest BCUT2D eigenvalue weighted by Gasteiger charge is 2.34. The quantitative estimate of drug-likeness (QED) is 0.783. The van der Waals surface area contributed by atoms with E-state index in [2.05, 4.69) is 24.0 Å². The first-order valence-corrected chi connectivity index (χ1v) is 6.25. The summed E-state index contributed by atoms with van der Waals surface area (Å²) in [6.45, 7) is 4.12. The van der Waals surface area contributed by atoms with E-state index in [1.807, 2.05) is 0 Å². The minimum atomic E-state index is -0.378. The Morgan fingerprint density at radius 2 is 1.81 bits per heavy atom. The van der Waals surface area contributed by atoms with Crippen LogP contribution >= 0.6 is 0 Å². The van der Waals surface area contributed by atoms with Crippen molar-refractivity contribution in [2.24, 2.45) is 5.73 Å². The second-order valence-electron chi connectivity index (χ2n) is 5.18. The fraction of sp³-hybridized carbons (Fsp3) is 0.833. The topological polar surface area (TPSA) is 64.9 Å². The van der Waals surface area contributed by atoms with E-state index >= 15 is 0 Å². The average Bonchev–Trinajstić information content (AvgIpc) is 2.64. The molecular formula is C12H21N3O. The normalized spacial score (nSPS) is 21.0. The van der Waals surface area contributed by atoms with Crippen molar-refractivity contribution >= 4 is 0 Å². The number of hydrogen-bond donors (Lipinski definition) is 1. The van der Waals surface area contributed by atoms with Gasteiger partial charge in [0.15, 0.2) is 5.82 Å². The average molecular weight is 223 g/mol. The summed E-state index contributed by atoms with van der Waals surface area (Å²) < 4.78 is 5.34. The molecule has 0 aromatic carbocycles. The van der Waals surface area contributed by atoms with Crippen molar-refractivity contribution in [1.29, 1.82) is 0 Å². The van der Waals surface area contributed by atoms with Crippen LogP contribution in [0.25, 0.3) is 0 Å². The minimum absolute atomic E-state index is 0.298. The van der Waals surface area contributed by atoms with Crippen molar-refractivity contribution in [1.82, 2.24) is 10.1 Å². The molecule has 1 aliphatic rings. The van der Waals surface area contributed by atoms with E-state index in [1.54, 1.807) is 0 Å². The summed E-state index contributed by atoms with van der Waals surface area (Å²) in [7, 11) is 0. The van der Waals surface area contributed by atoms with Crippen molar-refractivity contribution < 1.29 is 4.52 Å². The van der Waals surface area contributed by atoms with E-state index in [0.717, 1.165) is 31.5 Å². The monoisotopic (exact) mass is 223 g/mol. The van der Waals surface area contributed by atoms with E-state index in [0.29, 0.717) is 11.8 Å². The highest BCUT2D eigenvalue weighted by molar-refractivity contribution is 5.04. The minimum Gasteiger partial charge on any atom is -0.337 e. The molecule has 0 amide bonds. The van der Waals surface area contributed by atoms with E-state index in [4.69, 9.17) is 10.3 Å². The molecule has 90 valence electrons. The van der Waals surface area contributed by atoms with Gasteiger partial charge in [-0.2, -0.15) is 4.98 Å². The lowest BCUT2D eigenvalue weighted by Crippen LogP contribution is -2.36. The molecule has 1 saturated carbocycles. The summed E-state index contributed by atoms with van der Waals surface area (Å²) in [5.74, 6) is 1.70. The fourth-order valence-electron chi connectivity index (χ4n) is 2.24. The first kappa shape index (κ1) is 11.6. The van der Waals surface area contributed by atoms with Gasteiger partial charge in [-0.15, -0.1) is 0 Å². The van der Waals surface area contributed by atoms with Gasteiger partial charge in [0.2, 0.25) is 5.89 Å². The van der Waals surface area contributed by atoms with Crippen LogP contribution < -0.4 is 5.73 Å². The molecule has 0 bridgehead atoms. The first-order valence-electron chi connectivity index (χ1n) is 6.25. The van der Waals surface area contributed by atoms with Crippen molar-refractivity contribution in [2.75, 3.05) is 0 Å². The molecule has 0 spiro atoms. The molecule has 2 rings (SSSR count). The molecule has 4 heteroatoms. The van der Waals surface area contributed by atoms with E-state index in [-0.39, 0.29) is 5.54 Å². The molecule has 0 atom stereocenters. The van der Waals surface area contributed by atoms with Gasteiger partial charge >= 0.3 is 0 Å². The first-order chi connectivity index (χ1) is 7.62. The summed E-state index contributed by atoms with van der Waals surface area (Å²) in [6, 6.07) is 0. The van der Waals surface area contributed by atoms with Crippen LogP contribution in [0, 0.1) is 0 Å². The molecule has 1 heterocycles. The Morgan fingerprint density at radius 1 is 1.19 bits per heavy atom. The van der Waals surface area contributed by atoms with Crippen molar-refractivity contribution in [2.45, 2.75) is 63.8 Å². The second-order valence-corrected chi connectivity index (χ2v) is 5.18. The van der Waals surface area contributed by atoms with Crippen LogP contribution in [-0.4, -0.2) is 10.1 Å². The summed E-state index contributed by atoms with van der Waals surface area (Å²) in [6.07, 6.45) is 6.79. The second kappa shape index (κ2) is 4.53. The van der Waals surface area contributed by atoms with Gasteiger partial charge in [0, 0.05) is 5.92 Å². The van der Waals surface area contributed by atoms with Gasteiger partial charge < -0.3 is 10.3 Å². The highest BCUT2D eigenvalue weighted by atomic mass is 16.5. The lowest BCUT2D eigenvalue weighted by molar-refractivity contribution is 0.256. The highest BCUT2D eigenvalue weighted by Crippen LogP contribution is 2.33. The molecule has 16 heavy (non-hydrogen) atoms. The van der Waals surface area contributed by atoms with Gasteiger partial charge in [0.05, 0.1) is 5.54 Å². The molecule has 1 fully saturated rings. The van der Waals surface area contributed by atoms with Gasteiger partial charge in [-0.1, -0.05) is 44.7 Å². The Balaban J connectivity index is 2.19. The molecule has 1 aliphatic carbocycles. The Labute approximate surface area is 96.6 Å². The number of nitrogens with zero attached hydrogens (tertiary/aromatic N) is 2. The largest absolute Gasteiger partial charge is 0.337 e. The molecule has 0 saturated heterocycles. The maximum Gasteiger partial charge on any atom is 0.246 e. The maximum absolute atomic E-state index is 6.40. The summed E-state index contributed by atoms with van der Waals surface area (Å²) in [5, 5.41) is 4.00. The lowest BCUT2D eigenvalue weighted by atomic mass is 9.91. The smallest absolute Gasteiger partial charge is 0.246 e. The number of aromatic nitrogens is 2. The zero-order valence-electron chi connectivity index (χ0n) is 10.2. The van der Waals surface area contributed by atoms with Crippen molar-refractivity contribution in [3.8, 4) is 0 Å². The molecule has 1 aromatic heterocycles. The Morgan fingerprint density at radius 3 is 2.31 bits per heavy atom. The van der Waals surface area contributed by atoms with Gasteiger partial charge in [0.1, 0.15) is 0 Å². The zero-order chi connectivity index (χ0) is 11.6. The lowest BCUT2D eigenvalue weighted by Gasteiger charge is -2.22. The van der Waals surface area contributed by atoms with Crippen LogP contribution in [0.3, 0.4) is 0 Å². The van der Waals surface area contributed by atoms with Crippen LogP contribution in [0.15, 0.2) is 4.52 Å². The van der Waals surface area contributed by atoms with Crippen LogP contribution in [0.5, 0.6) is 0 Å². The summed E-state index contributed by atoms with van der Waals surface area (Å²) >= 11 is 0. The van der Waals surface area contributed by atoms with Crippen molar-refractivity contribution in [3.63, 3.8) is 0 Å².